The minimum Gasteiger partial charge on any atom is -0.456 e. The minimum absolute atomic E-state index is 0.544. The number of hydrogen-bond donors (Lipinski definition) is 1. The molecule has 6 heteroatoms. The molecule has 124 valence electrons. The topological polar surface area (TPSA) is 34.1 Å². The van der Waals surface area contributed by atoms with Crippen molar-refractivity contribution in [3.63, 3.8) is 0 Å². The van der Waals surface area contributed by atoms with Gasteiger partial charge in [0.05, 0.1) is 11.6 Å². The van der Waals surface area contributed by atoms with E-state index in [-0.39, 0.29) is 0 Å². The Hall–Kier alpha value is -1.75. The summed E-state index contributed by atoms with van der Waals surface area (Å²) in [6.45, 7) is 4.73. The average molecular weight is 379 g/mol. The van der Waals surface area contributed by atoms with Gasteiger partial charge in [0.15, 0.2) is 4.47 Å². The number of hydrogen-bond acceptors (Lipinski definition) is 4. The molecule has 0 unspecified atom stereocenters. The lowest BCUT2D eigenvalue weighted by Gasteiger charge is -2.12. The summed E-state index contributed by atoms with van der Waals surface area (Å²) < 4.78 is 6.47. The quantitative estimate of drug-likeness (QED) is 0.552. The van der Waals surface area contributed by atoms with Crippen molar-refractivity contribution in [2.45, 2.75) is 20.4 Å². The van der Waals surface area contributed by atoms with E-state index in [0.717, 1.165) is 21.9 Å². The first-order valence-electron chi connectivity index (χ1n) is 7.40. The van der Waals surface area contributed by atoms with Gasteiger partial charge in [0.25, 0.3) is 0 Å². The SMILES string of the molecule is Cc1ccc(Oc2ccc(NCc3cnc(Cl)s3)cc2Cl)c(C)c1. The number of benzene rings is 2. The molecule has 0 aliphatic heterocycles. The number of nitrogens with one attached hydrogen (secondary N) is 1. The Morgan fingerprint density at radius 1 is 1.08 bits per heavy atom. The molecule has 0 saturated heterocycles. The molecule has 0 radical (unpaired) electrons. The van der Waals surface area contributed by atoms with Gasteiger partial charge in [-0.2, -0.15) is 0 Å². The number of rotatable bonds is 5. The number of aromatic nitrogens is 1. The molecule has 1 N–H and O–H groups in total. The van der Waals surface area contributed by atoms with Crippen molar-refractivity contribution in [2.24, 2.45) is 0 Å². The van der Waals surface area contributed by atoms with Crippen LogP contribution in [0.15, 0.2) is 42.6 Å². The fourth-order valence-electron chi connectivity index (χ4n) is 2.28. The van der Waals surface area contributed by atoms with Crippen LogP contribution in [-0.2, 0) is 6.54 Å². The zero-order valence-electron chi connectivity index (χ0n) is 13.3. The molecule has 3 rings (SSSR count). The second-order valence-corrected chi connectivity index (χ2v) is 7.55. The number of thiazole rings is 1. The zero-order chi connectivity index (χ0) is 17.1. The van der Waals surface area contributed by atoms with Crippen molar-refractivity contribution in [3.05, 3.63) is 68.1 Å². The summed E-state index contributed by atoms with van der Waals surface area (Å²) in [7, 11) is 0. The summed E-state index contributed by atoms with van der Waals surface area (Å²) in [4.78, 5) is 5.08. The third-order valence-electron chi connectivity index (χ3n) is 3.47. The molecule has 24 heavy (non-hydrogen) atoms. The van der Waals surface area contributed by atoms with Gasteiger partial charge >= 0.3 is 0 Å². The number of ether oxygens (including phenoxy) is 1. The van der Waals surface area contributed by atoms with Crippen LogP contribution in [0, 0.1) is 13.8 Å². The van der Waals surface area contributed by atoms with Crippen LogP contribution < -0.4 is 10.1 Å². The van der Waals surface area contributed by atoms with Gasteiger partial charge in [-0.3, -0.25) is 0 Å². The lowest BCUT2D eigenvalue weighted by molar-refractivity contribution is 0.479. The number of anilines is 1. The number of halogens is 2. The molecule has 0 fully saturated rings. The fraction of sp³-hybridized carbons (Fsp3) is 0.167. The third-order valence-corrected chi connectivity index (χ3v) is 4.88. The van der Waals surface area contributed by atoms with E-state index in [4.69, 9.17) is 27.9 Å². The van der Waals surface area contributed by atoms with Crippen LogP contribution in [-0.4, -0.2) is 4.98 Å². The van der Waals surface area contributed by atoms with Gasteiger partial charge in [0, 0.05) is 16.8 Å². The van der Waals surface area contributed by atoms with E-state index in [0.29, 0.717) is 21.8 Å². The molecule has 1 heterocycles. The van der Waals surface area contributed by atoms with E-state index in [1.165, 1.54) is 16.9 Å². The maximum absolute atomic E-state index is 6.35. The van der Waals surface area contributed by atoms with Crippen LogP contribution >= 0.6 is 34.5 Å². The fourth-order valence-corrected chi connectivity index (χ4v) is 3.42. The highest BCUT2D eigenvalue weighted by atomic mass is 35.5. The summed E-state index contributed by atoms with van der Waals surface area (Å²) in [5.41, 5.74) is 3.20. The molecule has 0 aliphatic rings. The second-order valence-electron chi connectivity index (χ2n) is 5.45. The van der Waals surface area contributed by atoms with Crippen LogP contribution in [0.5, 0.6) is 11.5 Å². The van der Waals surface area contributed by atoms with Gasteiger partial charge in [0.1, 0.15) is 11.5 Å². The molecular weight excluding hydrogens is 363 g/mol. The van der Waals surface area contributed by atoms with E-state index < -0.39 is 0 Å². The van der Waals surface area contributed by atoms with Crippen molar-refractivity contribution in [2.75, 3.05) is 5.32 Å². The molecular formula is C18H16Cl2N2OS. The smallest absolute Gasteiger partial charge is 0.183 e. The first-order valence-corrected chi connectivity index (χ1v) is 8.97. The van der Waals surface area contributed by atoms with Gasteiger partial charge in [-0.25, -0.2) is 4.98 Å². The Labute approximate surface area is 155 Å². The van der Waals surface area contributed by atoms with Gasteiger partial charge in [-0.15, -0.1) is 11.3 Å². The largest absolute Gasteiger partial charge is 0.456 e. The number of nitrogens with zero attached hydrogens (tertiary/aromatic N) is 1. The van der Waals surface area contributed by atoms with Gasteiger partial charge < -0.3 is 10.1 Å². The summed E-state index contributed by atoms with van der Waals surface area (Å²) in [6.07, 6.45) is 1.76. The Morgan fingerprint density at radius 3 is 2.54 bits per heavy atom. The lowest BCUT2D eigenvalue weighted by Crippen LogP contribution is -1.97. The maximum Gasteiger partial charge on any atom is 0.183 e. The van der Waals surface area contributed by atoms with Crippen LogP contribution in [0.3, 0.4) is 0 Å². The summed E-state index contributed by atoms with van der Waals surface area (Å²) in [6, 6.07) is 11.7. The van der Waals surface area contributed by atoms with E-state index >= 15 is 0 Å². The molecule has 0 bridgehead atoms. The monoisotopic (exact) mass is 378 g/mol. The normalized spacial score (nSPS) is 10.7. The summed E-state index contributed by atoms with van der Waals surface area (Å²) in [5.74, 6) is 1.44. The molecule has 2 aromatic carbocycles. The Morgan fingerprint density at radius 2 is 1.88 bits per heavy atom. The molecule has 0 saturated carbocycles. The average Bonchev–Trinajstić information content (AvgIpc) is 2.95. The Bertz CT molecular complexity index is 864. The van der Waals surface area contributed by atoms with Gasteiger partial charge in [-0.1, -0.05) is 40.9 Å². The molecule has 1 aromatic heterocycles. The predicted molar refractivity (Wildman–Crippen MR) is 102 cm³/mol. The maximum atomic E-state index is 6.35. The molecule has 0 spiro atoms. The summed E-state index contributed by atoms with van der Waals surface area (Å²) in [5, 5.41) is 3.85. The van der Waals surface area contributed by atoms with Crippen LogP contribution in [0.2, 0.25) is 9.49 Å². The molecule has 0 atom stereocenters. The van der Waals surface area contributed by atoms with Crippen LogP contribution in [0.1, 0.15) is 16.0 Å². The first-order chi connectivity index (χ1) is 11.5. The molecule has 0 aliphatic carbocycles. The summed E-state index contributed by atoms with van der Waals surface area (Å²) >= 11 is 13.6. The van der Waals surface area contributed by atoms with Crippen LogP contribution in [0.25, 0.3) is 0 Å². The Kier molecular flexibility index (Phi) is 5.29. The van der Waals surface area contributed by atoms with Crippen molar-refractivity contribution in [1.29, 1.82) is 0 Å². The van der Waals surface area contributed by atoms with Gasteiger partial charge in [-0.05, 0) is 43.7 Å². The zero-order valence-corrected chi connectivity index (χ0v) is 15.6. The third kappa shape index (κ3) is 4.20. The second kappa shape index (κ2) is 7.43. The van der Waals surface area contributed by atoms with Crippen molar-refractivity contribution in [3.8, 4) is 11.5 Å². The highest BCUT2D eigenvalue weighted by Crippen LogP contribution is 2.33. The van der Waals surface area contributed by atoms with Crippen LogP contribution in [0.4, 0.5) is 5.69 Å². The highest BCUT2D eigenvalue weighted by Gasteiger charge is 2.07. The highest BCUT2D eigenvalue weighted by molar-refractivity contribution is 7.15. The molecule has 3 aromatic rings. The molecule has 0 amide bonds. The standard InChI is InChI=1S/C18H16Cl2N2OS/c1-11-3-5-16(12(2)7-11)23-17-6-4-13(8-15(17)19)21-9-14-10-22-18(20)24-14/h3-8,10,21H,9H2,1-2H3. The van der Waals surface area contributed by atoms with E-state index in [2.05, 4.69) is 23.3 Å². The number of aryl methyl sites for hydroxylation is 2. The lowest BCUT2D eigenvalue weighted by atomic mass is 10.1. The van der Waals surface area contributed by atoms with Gasteiger partial charge in [0.2, 0.25) is 0 Å². The first kappa shape index (κ1) is 17.1. The van der Waals surface area contributed by atoms with Crippen molar-refractivity contribution in [1.82, 2.24) is 4.98 Å². The van der Waals surface area contributed by atoms with E-state index in [1.54, 1.807) is 6.20 Å². The Balaban J connectivity index is 1.70. The van der Waals surface area contributed by atoms with Crippen molar-refractivity contribution < 1.29 is 4.74 Å². The predicted octanol–water partition coefficient (Wildman–Crippen LogP) is 6.47. The van der Waals surface area contributed by atoms with E-state index in [1.807, 2.05) is 37.3 Å². The molecule has 3 nitrogen and oxygen atoms in total. The van der Waals surface area contributed by atoms with E-state index in [9.17, 15) is 0 Å². The van der Waals surface area contributed by atoms with Crippen molar-refractivity contribution >= 4 is 40.2 Å². The minimum atomic E-state index is 0.544.